The average molecular weight is 249 g/mol. The molecular formula is C16H14BO2. The van der Waals surface area contributed by atoms with Gasteiger partial charge < -0.3 is 10.0 Å². The van der Waals surface area contributed by atoms with Gasteiger partial charge >= 0.3 is 7.69 Å². The van der Waals surface area contributed by atoms with E-state index in [1.807, 2.05) is 0 Å². The Balaban J connectivity index is 0.000000408. The Bertz CT molecular complexity index is 633. The zero-order chi connectivity index (χ0) is 13.5. The molecule has 3 heteroatoms. The summed E-state index contributed by atoms with van der Waals surface area (Å²) in [5, 5.41) is 16.6. The van der Waals surface area contributed by atoms with Gasteiger partial charge in [0.25, 0.3) is 0 Å². The Labute approximate surface area is 113 Å². The standard InChI is InChI=1S/C16H12.BH2O2/c1-2-7-13(8-3-1)16-12-6-10-14-9-4-5-11-15(14)16;2-1-3/h1-12H;2-3H. The maximum absolute atomic E-state index is 7.00. The molecule has 0 heterocycles. The largest absolute Gasteiger partial charge is 0.482 e. The van der Waals surface area contributed by atoms with Crippen LogP contribution < -0.4 is 0 Å². The predicted molar refractivity (Wildman–Crippen MR) is 79.6 cm³/mol. The van der Waals surface area contributed by atoms with E-state index >= 15 is 0 Å². The Morgan fingerprint density at radius 2 is 1.21 bits per heavy atom. The average Bonchev–Trinajstić information content (AvgIpc) is 2.48. The Hall–Kier alpha value is -2.10. The van der Waals surface area contributed by atoms with Crippen molar-refractivity contribution in [3.63, 3.8) is 0 Å². The van der Waals surface area contributed by atoms with Crippen LogP contribution in [0.25, 0.3) is 21.9 Å². The highest BCUT2D eigenvalue weighted by Crippen LogP contribution is 2.27. The second-order valence-corrected chi connectivity index (χ2v) is 4.01. The lowest BCUT2D eigenvalue weighted by Gasteiger charge is -2.06. The minimum Gasteiger partial charge on any atom is -0.429 e. The molecule has 0 unspecified atom stereocenters. The van der Waals surface area contributed by atoms with Gasteiger partial charge in [0.2, 0.25) is 0 Å². The Morgan fingerprint density at radius 3 is 1.95 bits per heavy atom. The first-order valence-corrected chi connectivity index (χ1v) is 6.00. The quantitative estimate of drug-likeness (QED) is 0.651. The molecule has 0 aliphatic heterocycles. The zero-order valence-electron chi connectivity index (χ0n) is 10.4. The fraction of sp³-hybridized carbons (Fsp3) is 0. The highest BCUT2D eigenvalue weighted by molar-refractivity contribution is 6.13. The van der Waals surface area contributed by atoms with Crippen LogP contribution in [0.2, 0.25) is 0 Å². The third-order valence-corrected chi connectivity index (χ3v) is 2.87. The van der Waals surface area contributed by atoms with Gasteiger partial charge in [-0.1, -0.05) is 72.8 Å². The fourth-order valence-corrected chi connectivity index (χ4v) is 2.09. The van der Waals surface area contributed by atoms with E-state index in [4.69, 9.17) is 10.0 Å². The van der Waals surface area contributed by atoms with E-state index < -0.39 is 0 Å². The molecule has 19 heavy (non-hydrogen) atoms. The molecule has 0 aromatic heterocycles. The van der Waals surface area contributed by atoms with E-state index in [-0.39, 0.29) is 7.69 Å². The zero-order valence-corrected chi connectivity index (χ0v) is 10.4. The van der Waals surface area contributed by atoms with Gasteiger partial charge in [0.1, 0.15) is 0 Å². The lowest BCUT2D eigenvalue weighted by atomic mass is 9.98. The van der Waals surface area contributed by atoms with E-state index in [9.17, 15) is 0 Å². The molecule has 0 aliphatic carbocycles. The molecule has 0 atom stereocenters. The summed E-state index contributed by atoms with van der Waals surface area (Å²) in [6, 6.07) is 25.5. The van der Waals surface area contributed by atoms with Crippen LogP contribution in [0, 0.1) is 0 Å². The first-order chi connectivity index (χ1) is 9.36. The molecule has 93 valence electrons. The molecule has 0 spiro atoms. The molecule has 2 nitrogen and oxygen atoms in total. The molecule has 3 aromatic rings. The SMILES string of the molecule is O[B]O.c1ccc(-c2cccc3ccccc23)cc1. The summed E-state index contributed by atoms with van der Waals surface area (Å²) in [4.78, 5) is 0. The van der Waals surface area contributed by atoms with Gasteiger partial charge in [0, 0.05) is 0 Å². The number of hydrogen-bond donors (Lipinski definition) is 2. The minimum absolute atomic E-state index is 0. The van der Waals surface area contributed by atoms with Crippen LogP contribution in [0.15, 0.2) is 72.8 Å². The van der Waals surface area contributed by atoms with E-state index in [0.29, 0.717) is 0 Å². The summed E-state index contributed by atoms with van der Waals surface area (Å²) in [6.07, 6.45) is 0. The van der Waals surface area contributed by atoms with Crippen LogP contribution in [-0.4, -0.2) is 17.7 Å². The number of benzene rings is 3. The second-order valence-electron chi connectivity index (χ2n) is 4.01. The predicted octanol–water partition coefficient (Wildman–Crippen LogP) is 3.01. The fourth-order valence-electron chi connectivity index (χ4n) is 2.09. The van der Waals surface area contributed by atoms with Crippen molar-refractivity contribution in [2.24, 2.45) is 0 Å². The van der Waals surface area contributed by atoms with Crippen LogP contribution in [0.4, 0.5) is 0 Å². The second kappa shape index (κ2) is 6.73. The summed E-state index contributed by atoms with van der Waals surface area (Å²) >= 11 is 0. The van der Waals surface area contributed by atoms with Crippen LogP contribution in [0.3, 0.4) is 0 Å². The number of hydrogen-bond acceptors (Lipinski definition) is 2. The maximum Gasteiger partial charge on any atom is 0.482 e. The monoisotopic (exact) mass is 249 g/mol. The third kappa shape index (κ3) is 3.22. The van der Waals surface area contributed by atoms with Crippen molar-refractivity contribution in [2.45, 2.75) is 0 Å². The van der Waals surface area contributed by atoms with Gasteiger partial charge in [-0.05, 0) is 21.9 Å². The van der Waals surface area contributed by atoms with Crippen molar-refractivity contribution in [2.75, 3.05) is 0 Å². The topological polar surface area (TPSA) is 40.5 Å². The van der Waals surface area contributed by atoms with E-state index in [0.717, 1.165) is 0 Å². The molecule has 3 rings (SSSR count). The number of fused-ring (bicyclic) bond motifs is 1. The summed E-state index contributed by atoms with van der Waals surface area (Å²) < 4.78 is 0. The molecule has 2 N–H and O–H groups in total. The summed E-state index contributed by atoms with van der Waals surface area (Å²) in [5.41, 5.74) is 2.58. The molecule has 0 amide bonds. The summed E-state index contributed by atoms with van der Waals surface area (Å²) in [7, 11) is 0. The van der Waals surface area contributed by atoms with Crippen LogP contribution in [0.5, 0.6) is 0 Å². The molecule has 0 saturated heterocycles. The lowest BCUT2D eigenvalue weighted by Crippen LogP contribution is -1.79. The molecule has 0 aliphatic rings. The van der Waals surface area contributed by atoms with Crippen LogP contribution in [-0.2, 0) is 0 Å². The van der Waals surface area contributed by atoms with Crippen molar-refractivity contribution < 1.29 is 10.0 Å². The van der Waals surface area contributed by atoms with Crippen LogP contribution >= 0.6 is 0 Å². The minimum atomic E-state index is 0. The van der Waals surface area contributed by atoms with Crippen LogP contribution in [0.1, 0.15) is 0 Å². The molecule has 1 radical (unpaired) electrons. The van der Waals surface area contributed by atoms with Gasteiger partial charge in [-0.25, -0.2) is 0 Å². The van der Waals surface area contributed by atoms with Crippen molar-refractivity contribution in [1.82, 2.24) is 0 Å². The first kappa shape index (κ1) is 13.3. The van der Waals surface area contributed by atoms with Gasteiger partial charge in [-0.15, -0.1) is 0 Å². The summed E-state index contributed by atoms with van der Waals surface area (Å²) in [6.45, 7) is 0. The Kier molecular flexibility index (Phi) is 4.73. The molecule has 0 saturated carbocycles. The summed E-state index contributed by atoms with van der Waals surface area (Å²) in [5.74, 6) is 0. The molecule has 0 fully saturated rings. The maximum atomic E-state index is 7.00. The van der Waals surface area contributed by atoms with Crippen molar-refractivity contribution in [3.05, 3.63) is 72.8 Å². The molecule has 3 aromatic carbocycles. The highest BCUT2D eigenvalue weighted by Gasteiger charge is 2.01. The van der Waals surface area contributed by atoms with E-state index in [1.165, 1.54) is 21.9 Å². The smallest absolute Gasteiger partial charge is 0.429 e. The van der Waals surface area contributed by atoms with E-state index in [1.54, 1.807) is 0 Å². The van der Waals surface area contributed by atoms with Gasteiger partial charge in [-0.2, -0.15) is 0 Å². The normalized spacial score (nSPS) is 9.58. The van der Waals surface area contributed by atoms with E-state index in [2.05, 4.69) is 72.8 Å². The third-order valence-electron chi connectivity index (χ3n) is 2.87. The van der Waals surface area contributed by atoms with Crippen molar-refractivity contribution in [3.8, 4) is 11.1 Å². The van der Waals surface area contributed by atoms with Gasteiger partial charge in [-0.3, -0.25) is 0 Å². The van der Waals surface area contributed by atoms with Gasteiger partial charge in [0.05, 0.1) is 0 Å². The number of rotatable bonds is 1. The molecular weight excluding hydrogens is 235 g/mol. The molecule has 0 bridgehead atoms. The lowest BCUT2D eigenvalue weighted by molar-refractivity contribution is 0.448. The van der Waals surface area contributed by atoms with Crippen molar-refractivity contribution >= 4 is 18.5 Å². The van der Waals surface area contributed by atoms with Crippen molar-refractivity contribution in [1.29, 1.82) is 0 Å². The highest BCUT2D eigenvalue weighted by atomic mass is 16.4. The Morgan fingerprint density at radius 1 is 0.632 bits per heavy atom. The van der Waals surface area contributed by atoms with Gasteiger partial charge in [0.15, 0.2) is 0 Å². The first-order valence-electron chi connectivity index (χ1n) is 6.00.